The maximum Gasteiger partial charge on any atom is 0.249 e. The van der Waals surface area contributed by atoms with Crippen molar-refractivity contribution in [2.24, 2.45) is 4.99 Å². The van der Waals surface area contributed by atoms with Gasteiger partial charge in [0.25, 0.3) is 0 Å². The van der Waals surface area contributed by atoms with Crippen molar-refractivity contribution in [2.75, 3.05) is 25.7 Å². The summed E-state index contributed by atoms with van der Waals surface area (Å²) in [5.41, 5.74) is 4.96. The van der Waals surface area contributed by atoms with Crippen molar-refractivity contribution in [3.05, 3.63) is 75.4 Å². The number of amides is 1. The Morgan fingerprint density at radius 2 is 1.79 bits per heavy atom. The molecule has 1 aromatic heterocycles. The number of thiophene rings is 1. The summed E-state index contributed by atoms with van der Waals surface area (Å²) in [6, 6.07) is 12.1. The van der Waals surface area contributed by atoms with Crippen molar-refractivity contribution in [3.63, 3.8) is 0 Å². The maximum atomic E-state index is 13.4. The SMILES string of the molecule is COc1ccc(C2=NCC(=O)N(Cc3ccc(F)cc3)c3sc4c(c32)CCCC4)cc1OC. The van der Waals surface area contributed by atoms with E-state index in [2.05, 4.69) is 0 Å². The summed E-state index contributed by atoms with van der Waals surface area (Å²) in [4.78, 5) is 21.2. The Labute approximate surface area is 196 Å². The van der Waals surface area contributed by atoms with Gasteiger partial charge in [-0.05, 0) is 67.1 Å². The zero-order valence-electron chi connectivity index (χ0n) is 18.7. The second-order valence-electron chi connectivity index (χ2n) is 8.23. The van der Waals surface area contributed by atoms with Crippen molar-refractivity contribution >= 4 is 28.0 Å². The van der Waals surface area contributed by atoms with E-state index in [0.717, 1.165) is 53.1 Å². The van der Waals surface area contributed by atoms with Gasteiger partial charge in [-0.15, -0.1) is 11.3 Å². The van der Waals surface area contributed by atoms with Gasteiger partial charge in [0.1, 0.15) is 17.4 Å². The number of hydrogen-bond donors (Lipinski definition) is 0. The standard InChI is InChI=1S/C26H25FN2O3S/c1-31-20-12-9-17(13-21(20)32-2)25-24-19-5-3-4-6-22(19)33-26(24)29(23(30)14-28-25)15-16-7-10-18(27)11-8-16/h7-13H,3-6,14-15H2,1-2H3. The molecule has 2 aliphatic rings. The van der Waals surface area contributed by atoms with Gasteiger partial charge in [0, 0.05) is 16.0 Å². The lowest BCUT2D eigenvalue weighted by molar-refractivity contribution is -0.117. The molecule has 0 unspecified atom stereocenters. The summed E-state index contributed by atoms with van der Waals surface area (Å²) in [5, 5.41) is 0.933. The van der Waals surface area contributed by atoms with Crippen LogP contribution in [0.4, 0.5) is 9.39 Å². The number of methoxy groups -OCH3 is 2. The van der Waals surface area contributed by atoms with E-state index in [1.54, 1.807) is 37.7 Å². The predicted molar refractivity (Wildman–Crippen MR) is 129 cm³/mol. The minimum Gasteiger partial charge on any atom is -0.493 e. The number of halogens is 1. The summed E-state index contributed by atoms with van der Waals surface area (Å²) in [7, 11) is 3.22. The molecule has 0 atom stereocenters. The lowest BCUT2D eigenvalue weighted by atomic mass is 9.91. The van der Waals surface area contributed by atoms with Crippen LogP contribution in [0.1, 0.15) is 40.0 Å². The summed E-state index contributed by atoms with van der Waals surface area (Å²) in [6.45, 7) is 0.446. The molecule has 2 heterocycles. The normalized spacial score (nSPS) is 15.4. The van der Waals surface area contributed by atoms with Gasteiger partial charge in [-0.3, -0.25) is 14.7 Å². The molecule has 1 aliphatic carbocycles. The van der Waals surface area contributed by atoms with Crippen molar-refractivity contribution in [2.45, 2.75) is 32.2 Å². The van der Waals surface area contributed by atoms with E-state index in [0.29, 0.717) is 18.0 Å². The van der Waals surface area contributed by atoms with Crippen LogP contribution in [0.3, 0.4) is 0 Å². The number of carbonyl (C=O) groups is 1. The number of ether oxygens (including phenoxy) is 2. The third kappa shape index (κ3) is 4.02. The Morgan fingerprint density at radius 3 is 2.55 bits per heavy atom. The van der Waals surface area contributed by atoms with Crippen LogP contribution in [-0.4, -0.2) is 32.4 Å². The molecule has 0 bridgehead atoms. The number of benzene rings is 2. The molecular weight excluding hydrogens is 439 g/mol. The molecule has 0 fully saturated rings. The Balaban J connectivity index is 1.64. The minimum absolute atomic E-state index is 0.0566. The fourth-order valence-corrected chi connectivity index (χ4v) is 5.97. The molecule has 0 radical (unpaired) electrons. The number of rotatable bonds is 5. The molecule has 0 N–H and O–H groups in total. The fraction of sp³-hybridized carbons (Fsp3) is 0.308. The number of anilines is 1. The number of hydrogen-bond acceptors (Lipinski definition) is 5. The zero-order chi connectivity index (χ0) is 22.9. The summed E-state index contributed by atoms with van der Waals surface area (Å²) < 4.78 is 24.4. The van der Waals surface area contributed by atoms with Gasteiger partial charge in [-0.2, -0.15) is 0 Å². The monoisotopic (exact) mass is 464 g/mol. The number of aliphatic imine (C=N–C) groups is 1. The average molecular weight is 465 g/mol. The highest BCUT2D eigenvalue weighted by atomic mass is 32.1. The zero-order valence-corrected chi connectivity index (χ0v) is 19.5. The number of nitrogens with zero attached hydrogens (tertiary/aromatic N) is 2. The van der Waals surface area contributed by atoms with Crippen molar-refractivity contribution in [3.8, 4) is 11.5 Å². The number of carbonyl (C=O) groups excluding carboxylic acids is 1. The van der Waals surface area contributed by atoms with Gasteiger partial charge in [-0.1, -0.05) is 12.1 Å². The van der Waals surface area contributed by atoms with Crippen LogP contribution in [0.15, 0.2) is 47.5 Å². The van der Waals surface area contributed by atoms with Crippen molar-refractivity contribution < 1.29 is 18.7 Å². The lowest BCUT2D eigenvalue weighted by Gasteiger charge is -2.21. The van der Waals surface area contributed by atoms with Gasteiger partial charge >= 0.3 is 0 Å². The van der Waals surface area contributed by atoms with Crippen LogP contribution >= 0.6 is 11.3 Å². The van der Waals surface area contributed by atoms with Gasteiger partial charge in [0.15, 0.2) is 11.5 Å². The lowest BCUT2D eigenvalue weighted by Crippen LogP contribution is -2.31. The van der Waals surface area contributed by atoms with E-state index >= 15 is 0 Å². The minimum atomic E-state index is -0.285. The van der Waals surface area contributed by atoms with E-state index in [1.165, 1.54) is 22.6 Å². The average Bonchev–Trinajstić information content (AvgIpc) is 3.16. The molecule has 5 nitrogen and oxygen atoms in total. The van der Waals surface area contributed by atoms with Crippen LogP contribution in [0, 0.1) is 5.82 Å². The van der Waals surface area contributed by atoms with Crippen LogP contribution in [-0.2, 0) is 24.2 Å². The molecule has 0 saturated heterocycles. The third-order valence-electron chi connectivity index (χ3n) is 6.22. The van der Waals surface area contributed by atoms with Gasteiger partial charge < -0.3 is 9.47 Å². The van der Waals surface area contributed by atoms with Gasteiger partial charge in [0.05, 0.1) is 26.5 Å². The third-order valence-corrected chi connectivity index (χ3v) is 7.53. The molecule has 170 valence electrons. The highest BCUT2D eigenvalue weighted by Crippen LogP contribution is 2.43. The smallest absolute Gasteiger partial charge is 0.249 e. The molecule has 2 aromatic carbocycles. The molecule has 33 heavy (non-hydrogen) atoms. The number of fused-ring (bicyclic) bond motifs is 3. The van der Waals surface area contributed by atoms with Crippen LogP contribution in [0.2, 0.25) is 0 Å². The van der Waals surface area contributed by atoms with Crippen molar-refractivity contribution in [1.29, 1.82) is 0 Å². The van der Waals surface area contributed by atoms with Crippen LogP contribution in [0.25, 0.3) is 0 Å². The number of aryl methyl sites for hydroxylation is 1. The first kappa shape index (κ1) is 21.6. The molecule has 0 saturated carbocycles. The molecule has 5 rings (SSSR count). The maximum absolute atomic E-state index is 13.4. The Morgan fingerprint density at radius 1 is 1.03 bits per heavy atom. The molecule has 3 aromatic rings. The Bertz CT molecular complexity index is 1230. The topological polar surface area (TPSA) is 51.1 Å². The largest absolute Gasteiger partial charge is 0.493 e. The van der Waals surface area contributed by atoms with Gasteiger partial charge in [0.2, 0.25) is 5.91 Å². The molecule has 1 aliphatic heterocycles. The summed E-state index contributed by atoms with van der Waals surface area (Å²) >= 11 is 1.70. The molecule has 1 amide bonds. The Hall–Kier alpha value is -3.19. The first-order valence-corrected chi connectivity index (χ1v) is 11.9. The van der Waals surface area contributed by atoms with Crippen molar-refractivity contribution in [1.82, 2.24) is 0 Å². The van der Waals surface area contributed by atoms with Crippen LogP contribution < -0.4 is 14.4 Å². The highest BCUT2D eigenvalue weighted by Gasteiger charge is 2.32. The fourth-order valence-electron chi connectivity index (χ4n) is 4.56. The van der Waals surface area contributed by atoms with E-state index < -0.39 is 0 Å². The van der Waals surface area contributed by atoms with E-state index in [4.69, 9.17) is 14.5 Å². The Kier molecular flexibility index (Phi) is 5.89. The second kappa shape index (κ2) is 8.98. The highest BCUT2D eigenvalue weighted by molar-refractivity contribution is 7.17. The van der Waals surface area contributed by atoms with E-state index in [1.807, 2.05) is 23.1 Å². The second-order valence-corrected chi connectivity index (χ2v) is 9.32. The summed E-state index contributed by atoms with van der Waals surface area (Å²) in [5.74, 6) is 0.932. The summed E-state index contributed by atoms with van der Waals surface area (Å²) in [6.07, 6.45) is 4.28. The van der Waals surface area contributed by atoms with Gasteiger partial charge in [-0.25, -0.2) is 4.39 Å². The molecule has 0 spiro atoms. The first-order valence-electron chi connectivity index (χ1n) is 11.1. The predicted octanol–water partition coefficient (Wildman–Crippen LogP) is 5.17. The van der Waals surface area contributed by atoms with Crippen LogP contribution in [0.5, 0.6) is 11.5 Å². The van der Waals surface area contributed by atoms with E-state index in [9.17, 15) is 9.18 Å². The quantitative estimate of drug-likeness (QED) is 0.524. The first-order chi connectivity index (χ1) is 16.1. The molecular formula is C26H25FN2O3S. The molecule has 7 heteroatoms. The van der Waals surface area contributed by atoms with E-state index in [-0.39, 0.29) is 18.3 Å².